The standard InChI is InChI=1S/C13H17N3O/c1-9(14)12(17)10-3-5-11(6-4-10)13-15-7-8-16(13)2/h3-6,9H,7-8,14H2,1-2H3. The first kappa shape index (κ1) is 11.8. The largest absolute Gasteiger partial charge is 0.358 e. The van der Waals surface area contributed by atoms with Crippen LogP contribution in [0.4, 0.5) is 0 Å². The number of aliphatic imine (C=N–C) groups is 1. The van der Waals surface area contributed by atoms with Gasteiger partial charge in [0.15, 0.2) is 5.78 Å². The van der Waals surface area contributed by atoms with Crippen LogP contribution in [0.5, 0.6) is 0 Å². The molecule has 1 aliphatic rings. The normalized spacial score (nSPS) is 16.9. The molecule has 1 heterocycles. The van der Waals surface area contributed by atoms with E-state index in [-0.39, 0.29) is 5.78 Å². The van der Waals surface area contributed by atoms with Crippen LogP contribution in [0.25, 0.3) is 0 Å². The average molecular weight is 231 g/mol. The van der Waals surface area contributed by atoms with Gasteiger partial charge < -0.3 is 10.6 Å². The number of nitrogens with zero attached hydrogens (tertiary/aromatic N) is 2. The molecule has 4 nitrogen and oxygen atoms in total. The molecular formula is C13H17N3O. The van der Waals surface area contributed by atoms with Crippen molar-refractivity contribution < 1.29 is 4.79 Å². The van der Waals surface area contributed by atoms with E-state index in [1.807, 2.05) is 31.3 Å². The molecule has 17 heavy (non-hydrogen) atoms. The van der Waals surface area contributed by atoms with Crippen molar-refractivity contribution in [1.29, 1.82) is 0 Å². The highest BCUT2D eigenvalue weighted by Crippen LogP contribution is 2.12. The summed E-state index contributed by atoms with van der Waals surface area (Å²) in [5.74, 6) is 0.961. The van der Waals surface area contributed by atoms with Gasteiger partial charge in [-0.3, -0.25) is 9.79 Å². The third-order valence-electron chi connectivity index (χ3n) is 2.90. The van der Waals surface area contributed by atoms with E-state index in [4.69, 9.17) is 5.73 Å². The fraction of sp³-hybridized carbons (Fsp3) is 0.385. The van der Waals surface area contributed by atoms with E-state index >= 15 is 0 Å². The lowest BCUT2D eigenvalue weighted by atomic mass is 10.0. The van der Waals surface area contributed by atoms with Crippen molar-refractivity contribution in [2.75, 3.05) is 20.1 Å². The Morgan fingerprint density at radius 3 is 2.53 bits per heavy atom. The molecule has 0 saturated carbocycles. The van der Waals surface area contributed by atoms with Gasteiger partial charge in [0.1, 0.15) is 5.84 Å². The van der Waals surface area contributed by atoms with Crippen LogP contribution in [0.1, 0.15) is 22.8 Å². The second-order valence-electron chi connectivity index (χ2n) is 4.36. The van der Waals surface area contributed by atoms with E-state index in [9.17, 15) is 4.79 Å². The first-order chi connectivity index (χ1) is 8.09. The maximum absolute atomic E-state index is 11.7. The number of hydrogen-bond acceptors (Lipinski definition) is 4. The van der Waals surface area contributed by atoms with Crippen LogP contribution < -0.4 is 5.73 Å². The summed E-state index contributed by atoms with van der Waals surface area (Å²) in [6.45, 7) is 3.49. The van der Waals surface area contributed by atoms with Gasteiger partial charge >= 0.3 is 0 Å². The number of rotatable bonds is 3. The highest BCUT2D eigenvalue weighted by Gasteiger charge is 2.15. The van der Waals surface area contributed by atoms with Gasteiger partial charge in [0.2, 0.25) is 0 Å². The third kappa shape index (κ3) is 2.36. The molecule has 0 saturated heterocycles. The molecule has 0 fully saturated rings. The molecule has 1 unspecified atom stereocenters. The summed E-state index contributed by atoms with van der Waals surface area (Å²) in [6, 6.07) is 7.03. The topological polar surface area (TPSA) is 58.7 Å². The molecule has 1 aromatic rings. The molecule has 2 rings (SSSR count). The van der Waals surface area contributed by atoms with Gasteiger partial charge in [-0.25, -0.2) is 0 Å². The highest BCUT2D eigenvalue weighted by atomic mass is 16.1. The van der Waals surface area contributed by atoms with Gasteiger partial charge in [-0.15, -0.1) is 0 Å². The second-order valence-corrected chi connectivity index (χ2v) is 4.36. The van der Waals surface area contributed by atoms with E-state index in [2.05, 4.69) is 9.89 Å². The van der Waals surface area contributed by atoms with Crippen LogP contribution in [-0.4, -0.2) is 42.7 Å². The Balaban J connectivity index is 2.22. The van der Waals surface area contributed by atoms with Gasteiger partial charge in [0.05, 0.1) is 12.6 Å². The Labute approximate surface area is 101 Å². The van der Waals surface area contributed by atoms with Crippen LogP contribution in [0.2, 0.25) is 0 Å². The van der Waals surface area contributed by atoms with Crippen molar-refractivity contribution in [1.82, 2.24) is 4.90 Å². The number of carbonyl (C=O) groups excluding carboxylic acids is 1. The lowest BCUT2D eigenvalue weighted by Crippen LogP contribution is -2.27. The molecule has 1 atom stereocenters. The van der Waals surface area contributed by atoms with E-state index in [1.165, 1.54) is 0 Å². The zero-order valence-corrected chi connectivity index (χ0v) is 10.2. The van der Waals surface area contributed by atoms with E-state index in [0.717, 1.165) is 24.5 Å². The average Bonchev–Trinajstić information content (AvgIpc) is 2.74. The number of amidine groups is 1. The monoisotopic (exact) mass is 231 g/mol. The fourth-order valence-electron chi connectivity index (χ4n) is 1.89. The first-order valence-electron chi connectivity index (χ1n) is 5.75. The fourth-order valence-corrected chi connectivity index (χ4v) is 1.89. The van der Waals surface area contributed by atoms with E-state index in [0.29, 0.717) is 5.56 Å². The number of carbonyl (C=O) groups is 1. The molecule has 4 heteroatoms. The lowest BCUT2D eigenvalue weighted by Gasteiger charge is -2.14. The van der Waals surface area contributed by atoms with Gasteiger partial charge in [-0.2, -0.15) is 0 Å². The minimum Gasteiger partial charge on any atom is -0.358 e. The van der Waals surface area contributed by atoms with Crippen molar-refractivity contribution in [2.45, 2.75) is 13.0 Å². The van der Waals surface area contributed by atoms with Crippen molar-refractivity contribution in [3.8, 4) is 0 Å². The van der Waals surface area contributed by atoms with Crippen molar-refractivity contribution >= 4 is 11.6 Å². The molecular weight excluding hydrogens is 214 g/mol. The predicted octanol–water partition coefficient (Wildman–Crippen LogP) is 0.908. The van der Waals surface area contributed by atoms with E-state index < -0.39 is 6.04 Å². The Bertz CT molecular complexity index is 448. The SMILES string of the molecule is CC(N)C(=O)c1ccc(C2=NCCN2C)cc1. The maximum atomic E-state index is 11.7. The van der Waals surface area contributed by atoms with Crippen LogP contribution in [0, 0.1) is 0 Å². The van der Waals surface area contributed by atoms with Crippen LogP contribution in [-0.2, 0) is 0 Å². The van der Waals surface area contributed by atoms with Gasteiger partial charge in [-0.1, -0.05) is 24.3 Å². The van der Waals surface area contributed by atoms with Gasteiger partial charge in [-0.05, 0) is 6.92 Å². The van der Waals surface area contributed by atoms with E-state index in [1.54, 1.807) is 6.92 Å². The Morgan fingerprint density at radius 1 is 1.41 bits per heavy atom. The lowest BCUT2D eigenvalue weighted by molar-refractivity contribution is 0.0968. The van der Waals surface area contributed by atoms with Crippen LogP contribution >= 0.6 is 0 Å². The van der Waals surface area contributed by atoms with Crippen molar-refractivity contribution in [3.63, 3.8) is 0 Å². The molecule has 1 aliphatic heterocycles. The minimum absolute atomic E-state index is 0.0294. The summed E-state index contributed by atoms with van der Waals surface area (Å²) in [4.78, 5) is 18.2. The molecule has 0 spiro atoms. The predicted molar refractivity (Wildman–Crippen MR) is 68.5 cm³/mol. The second kappa shape index (κ2) is 4.67. The number of nitrogens with two attached hydrogens (primary N) is 1. The van der Waals surface area contributed by atoms with Crippen molar-refractivity contribution in [3.05, 3.63) is 35.4 Å². The highest BCUT2D eigenvalue weighted by molar-refractivity contribution is 6.02. The summed E-state index contributed by atoms with van der Waals surface area (Å²) in [7, 11) is 2.02. The van der Waals surface area contributed by atoms with Gasteiger partial charge in [0, 0.05) is 24.7 Å². The van der Waals surface area contributed by atoms with Gasteiger partial charge in [0.25, 0.3) is 0 Å². The Hall–Kier alpha value is -1.68. The zero-order chi connectivity index (χ0) is 12.4. The quantitative estimate of drug-likeness (QED) is 0.787. The summed E-state index contributed by atoms with van der Waals surface area (Å²) in [5.41, 5.74) is 7.27. The molecule has 0 amide bonds. The number of benzene rings is 1. The molecule has 2 N–H and O–H groups in total. The molecule has 90 valence electrons. The minimum atomic E-state index is -0.452. The van der Waals surface area contributed by atoms with Crippen LogP contribution in [0.3, 0.4) is 0 Å². The molecule has 0 aromatic heterocycles. The Kier molecular flexibility index (Phi) is 3.24. The number of likely N-dealkylation sites (N-methyl/N-ethyl adjacent to an activating group) is 1. The Morgan fingerprint density at radius 2 is 2.06 bits per heavy atom. The molecule has 0 aliphatic carbocycles. The molecule has 1 aromatic carbocycles. The first-order valence-corrected chi connectivity index (χ1v) is 5.75. The number of hydrogen-bond donors (Lipinski definition) is 1. The third-order valence-corrected chi connectivity index (χ3v) is 2.90. The summed E-state index contributed by atoms with van der Waals surface area (Å²) in [5, 5.41) is 0. The number of Topliss-reactive ketones (excluding diaryl/α,β-unsaturated/α-hetero) is 1. The zero-order valence-electron chi connectivity index (χ0n) is 10.2. The maximum Gasteiger partial charge on any atom is 0.179 e. The molecule has 0 radical (unpaired) electrons. The van der Waals surface area contributed by atoms with Crippen molar-refractivity contribution in [2.24, 2.45) is 10.7 Å². The number of ketones is 1. The summed E-state index contributed by atoms with van der Waals surface area (Å²) >= 11 is 0. The van der Waals surface area contributed by atoms with Crippen LogP contribution in [0.15, 0.2) is 29.3 Å². The smallest absolute Gasteiger partial charge is 0.179 e. The summed E-state index contributed by atoms with van der Waals surface area (Å²) in [6.07, 6.45) is 0. The molecule has 0 bridgehead atoms. The summed E-state index contributed by atoms with van der Waals surface area (Å²) < 4.78 is 0.